The predicted octanol–water partition coefficient (Wildman–Crippen LogP) is 2.54. The number of pyridine rings is 1. The molecule has 162 valence electrons. The largest absolute Gasteiger partial charge is 0.443 e. The molecule has 0 fully saturated rings. The molecule has 0 saturated carbocycles. The van der Waals surface area contributed by atoms with Gasteiger partial charge in [-0.05, 0) is 55.1 Å². The Morgan fingerprint density at radius 3 is 2.84 bits per heavy atom. The van der Waals surface area contributed by atoms with Crippen molar-refractivity contribution in [1.29, 1.82) is 0 Å². The molecule has 4 aromatic rings. The molecule has 4 rings (SSSR count). The van der Waals surface area contributed by atoms with Crippen molar-refractivity contribution in [1.82, 2.24) is 20.0 Å². The number of fused-ring (bicyclic) bond motifs is 2. The molecule has 0 aliphatic carbocycles. The molecule has 0 saturated heterocycles. The molecular weight excluding hydrogens is 416 g/mol. The number of rotatable bonds is 8. The molecule has 2 aromatic heterocycles. The van der Waals surface area contributed by atoms with Gasteiger partial charge in [0.15, 0.2) is 12.0 Å². The zero-order chi connectivity index (χ0) is 22.1. The number of aromatic nitrogens is 2. The van der Waals surface area contributed by atoms with Gasteiger partial charge in [0.05, 0.1) is 10.5 Å². The van der Waals surface area contributed by atoms with Crippen LogP contribution in [0.3, 0.4) is 0 Å². The fourth-order valence-electron chi connectivity index (χ4n) is 3.43. The number of hydrogen-bond acceptors (Lipinski definition) is 7. The number of sulfonamides is 1. The Morgan fingerprint density at radius 2 is 2.00 bits per heavy atom. The molecular formula is C22H24N4O4S. The molecule has 2 atom stereocenters. The molecule has 8 nitrogen and oxygen atoms in total. The number of aliphatic hydroxyl groups is 1. The van der Waals surface area contributed by atoms with Crippen molar-refractivity contribution in [2.75, 3.05) is 13.1 Å². The lowest BCUT2D eigenvalue weighted by atomic mass is 9.95. The number of benzene rings is 2. The van der Waals surface area contributed by atoms with E-state index in [-0.39, 0.29) is 17.5 Å². The minimum atomic E-state index is -3.68. The first-order chi connectivity index (χ1) is 14.7. The average molecular weight is 441 g/mol. The van der Waals surface area contributed by atoms with Gasteiger partial charge in [-0.1, -0.05) is 12.1 Å². The van der Waals surface area contributed by atoms with Gasteiger partial charge < -0.3 is 14.8 Å². The molecule has 3 N–H and O–H groups in total. The summed E-state index contributed by atoms with van der Waals surface area (Å²) in [6.07, 6.45) is 4.69. The number of nitrogens with one attached hydrogen (secondary N) is 2. The summed E-state index contributed by atoms with van der Waals surface area (Å²) in [5, 5.41) is 15.7. The second kappa shape index (κ2) is 8.35. The first-order valence-corrected chi connectivity index (χ1v) is 11.4. The third-order valence-corrected chi connectivity index (χ3v) is 6.74. The Labute approximate surface area is 180 Å². The Kier molecular flexibility index (Phi) is 5.76. The Morgan fingerprint density at radius 1 is 1.16 bits per heavy atom. The fourth-order valence-corrected chi connectivity index (χ4v) is 4.71. The minimum absolute atomic E-state index is 0.200. The van der Waals surface area contributed by atoms with Crippen LogP contribution < -0.4 is 10.0 Å². The van der Waals surface area contributed by atoms with Crippen LogP contribution in [0.15, 0.2) is 70.6 Å². The quantitative estimate of drug-likeness (QED) is 0.385. The topological polar surface area (TPSA) is 117 Å². The van der Waals surface area contributed by atoms with Crippen LogP contribution in [-0.4, -0.2) is 42.6 Å². The zero-order valence-electron chi connectivity index (χ0n) is 17.2. The maximum absolute atomic E-state index is 12.7. The van der Waals surface area contributed by atoms with Crippen LogP contribution >= 0.6 is 0 Å². The van der Waals surface area contributed by atoms with Crippen molar-refractivity contribution >= 4 is 31.9 Å². The van der Waals surface area contributed by atoms with Crippen molar-refractivity contribution in [3.8, 4) is 0 Å². The van der Waals surface area contributed by atoms with Crippen LogP contribution in [0, 0.1) is 0 Å². The summed E-state index contributed by atoms with van der Waals surface area (Å²) in [6.45, 7) is 4.05. The van der Waals surface area contributed by atoms with E-state index < -0.39 is 15.6 Å². The molecule has 31 heavy (non-hydrogen) atoms. The second-order valence-corrected chi connectivity index (χ2v) is 9.56. The lowest BCUT2D eigenvalue weighted by Gasteiger charge is -2.25. The van der Waals surface area contributed by atoms with Crippen molar-refractivity contribution in [2.45, 2.75) is 30.4 Å². The van der Waals surface area contributed by atoms with Gasteiger partial charge in [-0.3, -0.25) is 4.98 Å². The van der Waals surface area contributed by atoms with E-state index in [0.717, 1.165) is 10.8 Å². The van der Waals surface area contributed by atoms with E-state index in [0.29, 0.717) is 23.2 Å². The van der Waals surface area contributed by atoms with Crippen molar-refractivity contribution in [3.63, 3.8) is 0 Å². The predicted molar refractivity (Wildman–Crippen MR) is 118 cm³/mol. The highest BCUT2D eigenvalue weighted by Gasteiger charge is 2.24. The van der Waals surface area contributed by atoms with Gasteiger partial charge in [-0.2, -0.15) is 0 Å². The van der Waals surface area contributed by atoms with Gasteiger partial charge in [-0.15, -0.1) is 0 Å². The summed E-state index contributed by atoms with van der Waals surface area (Å²) in [6, 6.07) is 11.7. The van der Waals surface area contributed by atoms with Gasteiger partial charge in [0, 0.05) is 36.9 Å². The Balaban J connectivity index is 1.36. The first kappa shape index (κ1) is 21.4. The fraction of sp³-hybridized carbons (Fsp3) is 0.273. The van der Waals surface area contributed by atoms with Crippen LogP contribution in [0.25, 0.3) is 21.9 Å². The summed E-state index contributed by atoms with van der Waals surface area (Å²) in [5.41, 5.74) is 0.865. The molecule has 2 heterocycles. The van der Waals surface area contributed by atoms with E-state index >= 15 is 0 Å². The molecule has 9 heteroatoms. The highest BCUT2D eigenvalue weighted by Crippen LogP contribution is 2.24. The van der Waals surface area contributed by atoms with Crippen molar-refractivity contribution in [3.05, 3.63) is 66.8 Å². The Bertz CT molecular complexity index is 1320. The number of hydrogen-bond donors (Lipinski definition) is 3. The van der Waals surface area contributed by atoms with E-state index in [9.17, 15) is 13.5 Å². The highest BCUT2D eigenvalue weighted by molar-refractivity contribution is 7.89. The molecule has 0 aliphatic rings. The molecule has 2 unspecified atom stereocenters. The maximum Gasteiger partial charge on any atom is 0.240 e. The van der Waals surface area contributed by atoms with Crippen molar-refractivity contribution < 1.29 is 17.9 Å². The molecule has 0 bridgehead atoms. The summed E-state index contributed by atoms with van der Waals surface area (Å²) in [5.74, 6) is 0. The lowest BCUT2D eigenvalue weighted by Crippen LogP contribution is -2.44. The number of nitrogens with zero attached hydrogens (tertiary/aromatic N) is 2. The molecule has 0 amide bonds. The van der Waals surface area contributed by atoms with E-state index in [2.05, 4.69) is 20.0 Å². The number of oxazole rings is 1. The normalized spacial score (nSPS) is 15.2. The van der Waals surface area contributed by atoms with Crippen LogP contribution in [0.1, 0.15) is 19.4 Å². The van der Waals surface area contributed by atoms with E-state index in [1.54, 1.807) is 68.7 Å². The van der Waals surface area contributed by atoms with Gasteiger partial charge in [0.1, 0.15) is 5.52 Å². The Hall–Kier alpha value is -2.85. The van der Waals surface area contributed by atoms with Gasteiger partial charge in [0.2, 0.25) is 10.0 Å². The molecule has 2 aromatic carbocycles. The highest BCUT2D eigenvalue weighted by atomic mass is 32.2. The maximum atomic E-state index is 12.7. The second-order valence-electron chi connectivity index (χ2n) is 7.85. The summed E-state index contributed by atoms with van der Waals surface area (Å²) < 4.78 is 33.4. The van der Waals surface area contributed by atoms with Crippen molar-refractivity contribution in [2.24, 2.45) is 0 Å². The SMILES string of the molecule is CC(CNCC(C)(O)c1ccc2ocnc2c1)NS(=O)(=O)c1ccc2cnccc2c1. The van der Waals surface area contributed by atoms with Crippen LogP contribution in [0.5, 0.6) is 0 Å². The van der Waals surface area contributed by atoms with E-state index in [4.69, 9.17) is 4.42 Å². The minimum Gasteiger partial charge on any atom is -0.443 e. The molecule has 0 aliphatic heterocycles. The third-order valence-electron chi connectivity index (χ3n) is 5.15. The summed E-state index contributed by atoms with van der Waals surface area (Å²) in [7, 11) is -3.68. The summed E-state index contributed by atoms with van der Waals surface area (Å²) >= 11 is 0. The van der Waals surface area contributed by atoms with Gasteiger partial charge in [-0.25, -0.2) is 18.1 Å². The standard InChI is InChI=1S/C22H24N4O4S/c1-15(26-31(28,29)19-5-3-17-12-23-8-7-16(17)9-19)11-24-13-22(2,27)18-4-6-21-20(10-18)25-14-30-21/h3-10,12,14-15,24,26-27H,11,13H2,1-2H3. The van der Waals surface area contributed by atoms with E-state index in [1.165, 1.54) is 6.39 Å². The zero-order valence-corrected chi connectivity index (χ0v) is 18.1. The first-order valence-electron chi connectivity index (χ1n) is 9.87. The summed E-state index contributed by atoms with van der Waals surface area (Å²) in [4.78, 5) is 8.35. The smallest absolute Gasteiger partial charge is 0.240 e. The average Bonchev–Trinajstić information content (AvgIpc) is 3.21. The van der Waals surface area contributed by atoms with Crippen LogP contribution in [0.4, 0.5) is 0 Å². The van der Waals surface area contributed by atoms with Crippen LogP contribution in [0.2, 0.25) is 0 Å². The lowest BCUT2D eigenvalue weighted by molar-refractivity contribution is 0.0569. The molecule has 0 spiro atoms. The van der Waals surface area contributed by atoms with Crippen LogP contribution in [-0.2, 0) is 15.6 Å². The monoisotopic (exact) mass is 440 g/mol. The third kappa shape index (κ3) is 4.75. The van der Waals surface area contributed by atoms with E-state index in [1.807, 2.05) is 0 Å². The van der Waals surface area contributed by atoms with Gasteiger partial charge in [0.25, 0.3) is 0 Å². The molecule has 0 radical (unpaired) electrons. The van der Waals surface area contributed by atoms with Gasteiger partial charge >= 0.3 is 0 Å².